The lowest BCUT2D eigenvalue weighted by atomic mass is 9.96. The van der Waals surface area contributed by atoms with Gasteiger partial charge in [0.15, 0.2) is 0 Å². The summed E-state index contributed by atoms with van der Waals surface area (Å²) in [5.74, 6) is 0.664. The Labute approximate surface area is 73.4 Å². The Morgan fingerprint density at radius 3 is 3.17 bits per heavy atom. The van der Waals surface area contributed by atoms with Crippen LogP contribution in [0.3, 0.4) is 0 Å². The van der Waals surface area contributed by atoms with Crippen molar-refractivity contribution in [2.45, 2.75) is 25.0 Å². The Morgan fingerprint density at radius 1 is 1.50 bits per heavy atom. The van der Waals surface area contributed by atoms with Crippen molar-refractivity contribution in [3.8, 4) is 0 Å². The zero-order chi connectivity index (χ0) is 8.39. The number of rotatable bonds is 2. The normalized spacial score (nSPS) is 41.2. The Kier molecular flexibility index (Phi) is 2.63. The maximum absolute atomic E-state index is 5.86. The van der Waals surface area contributed by atoms with Crippen LogP contribution in [0.2, 0.25) is 0 Å². The van der Waals surface area contributed by atoms with Gasteiger partial charge in [-0.25, -0.2) is 0 Å². The monoisotopic (exact) mass is 171 g/mol. The van der Waals surface area contributed by atoms with E-state index in [1.54, 1.807) is 0 Å². The molecule has 0 radical (unpaired) electrons. The zero-order valence-electron chi connectivity index (χ0n) is 7.58. The molecule has 0 aromatic rings. The number of likely N-dealkylation sites (N-methyl/N-ethyl adjacent to an activating group) is 1. The Balaban J connectivity index is 1.85. The van der Waals surface area contributed by atoms with Crippen molar-refractivity contribution in [3.05, 3.63) is 0 Å². The van der Waals surface area contributed by atoms with E-state index in [0.717, 1.165) is 26.2 Å². The van der Waals surface area contributed by atoms with Crippen molar-refractivity contribution >= 4 is 0 Å². The second kappa shape index (κ2) is 3.73. The average Bonchev–Trinajstić information content (AvgIpc) is 2.47. The molecule has 2 saturated heterocycles. The van der Waals surface area contributed by atoms with Crippen LogP contribution in [-0.2, 0) is 9.47 Å². The van der Waals surface area contributed by atoms with E-state index in [4.69, 9.17) is 9.47 Å². The molecule has 3 nitrogen and oxygen atoms in total. The van der Waals surface area contributed by atoms with Crippen LogP contribution in [0.1, 0.15) is 12.8 Å². The van der Waals surface area contributed by atoms with Gasteiger partial charge in [-0.1, -0.05) is 0 Å². The largest absolute Gasteiger partial charge is 0.381 e. The van der Waals surface area contributed by atoms with Gasteiger partial charge < -0.3 is 14.8 Å². The Hall–Kier alpha value is -0.120. The van der Waals surface area contributed by atoms with Crippen LogP contribution in [0.15, 0.2) is 0 Å². The van der Waals surface area contributed by atoms with Crippen LogP contribution in [-0.4, -0.2) is 39.0 Å². The first-order chi connectivity index (χ1) is 5.90. The summed E-state index contributed by atoms with van der Waals surface area (Å²) < 4.78 is 11.3. The lowest BCUT2D eigenvalue weighted by molar-refractivity contribution is -0.0363. The van der Waals surface area contributed by atoms with E-state index in [1.807, 2.05) is 7.05 Å². The van der Waals surface area contributed by atoms with Crippen molar-refractivity contribution < 1.29 is 9.47 Å². The molecule has 0 aliphatic carbocycles. The third kappa shape index (κ3) is 1.63. The molecule has 3 unspecified atom stereocenters. The smallest absolute Gasteiger partial charge is 0.0707 e. The molecule has 0 amide bonds. The SMILES string of the molecule is CNCC1CC2COCCC2O1. The first kappa shape index (κ1) is 8.48. The third-order valence-electron chi connectivity index (χ3n) is 2.77. The van der Waals surface area contributed by atoms with Gasteiger partial charge in [-0.15, -0.1) is 0 Å². The summed E-state index contributed by atoms with van der Waals surface area (Å²) in [6, 6.07) is 0. The van der Waals surface area contributed by atoms with E-state index >= 15 is 0 Å². The minimum absolute atomic E-state index is 0.423. The maximum atomic E-state index is 5.86. The minimum Gasteiger partial charge on any atom is -0.381 e. The van der Waals surface area contributed by atoms with Crippen molar-refractivity contribution in [2.24, 2.45) is 5.92 Å². The highest BCUT2D eigenvalue weighted by Gasteiger charge is 2.36. The van der Waals surface area contributed by atoms with Crippen LogP contribution in [0.4, 0.5) is 0 Å². The number of hydrogen-bond donors (Lipinski definition) is 1. The maximum Gasteiger partial charge on any atom is 0.0707 e. The summed E-state index contributed by atoms with van der Waals surface area (Å²) in [5, 5.41) is 3.15. The van der Waals surface area contributed by atoms with Gasteiger partial charge in [0.2, 0.25) is 0 Å². The molecule has 1 N–H and O–H groups in total. The standard InChI is InChI=1S/C9H17NO2/c1-10-5-8-4-7-6-11-3-2-9(7)12-8/h7-10H,2-6H2,1H3. The van der Waals surface area contributed by atoms with Crippen molar-refractivity contribution in [1.29, 1.82) is 0 Å². The van der Waals surface area contributed by atoms with Crippen LogP contribution in [0, 0.1) is 5.92 Å². The van der Waals surface area contributed by atoms with Crippen molar-refractivity contribution in [2.75, 3.05) is 26.8 Å². The molecule has 3 atom stereocenters. The van der Waals surface area contributed by atoms with Gasteiger partial charge in [0.1, 0.15) is 0 Å². The number of ether oxygens (including phenoxy) is 2. The lowest BCUT2D eigenvalue weighted by Gasteiger charge is -2.23. The Bertz CT molecular complexity index is 137. The molecular weight excluding hydrogens is 154 g/mol. The van der Waals surface area contributed by atoms with E-state index < -0.39 is 0 Å². The van der Waals surface area contributed by atoms with E-state index in [1.165, 1.54) is 6.42 Å². The summed E-state index contributed by atoms with van der Waals surface area (Å²) >= 11 is 0. The first-order valence-corrected chi connectivity index (χ1v) is 4.78. The summed E-state index contributed by atoms with van der Waals surface area (Å²) in [7, 11) is 1.97. The summed E-state index contributed by atoms with van der Waals surface area (Å²) in [6.45, 7) is 2.77. The molecular formula is C9H17NO2. The summed E-state index contributed by atoms with van der Waals surface area (Å²) in [6.07, 6.45) is 3.17. The fraction of sp³-hybridized carbons (Fsp3) is 1.00. The predicted molar refractivity (Wildman–Crippen MR) is 46.1 cm³/mol. The Morgan fingerprint density at radius 2 is 2.42 bits per heavy atom. The average molecular weight is 171 g/mol. The van der Waals surface area contributed by atoms with E-state index in [0.29, 0.717) is 18.1 Å². The van der Waals surface area contributed by atoms with Gasteiger partial charge in [0, 0.05) is 19.1 Å². The quantitative estimate of drug-likeness (QED) is 0.652. The fourth-order valence-electron chi connectivity index (χ4n) is 2.18. The second-order valence-electron chi connectivity index (χ2n) is 3.71. The molecule has 12 heavy (non-hydrogen) atoms. The predicted octanol–water partition coefficient (Wildman–Crippen LogP) is 0.400. The molecule has 0 spiro atoms. The van der Waals surface area contributed by atoms with Crippen molar-refractivity contribution in [3.63, 3.8) is 0 Å². The molecule has 2 fully saturated rings. The van der Waals surface area contributed by atoms with Crippen molar-refractivity contribution in [1.82, 2.24) is 5.32 Å². The zero-order valence-corrected chi connectivity index (χ0v) is 7.58. The van der Waals surface area contributed by atoms with Crippen LogP contribution < -0.4 is 5.32 Å². The molecule has 0 aromatic carbocycles. The topological polar surface area (TPSA) is 30.5 Å². The van der Waals surface area contributed by atoms with Gasteiger partial charge in [0.05, 0.1) is 18.8 Å². The lowest BCUT2D eigenvalue weighted by Crippen LogP contribution is -2.28. The fourth-order valence-corrected chi connectivity index (χ4v) is 2.18. The van der Waals surface area contributed by atoms with Gasteiger partial charge in [-0.05, 0) is 19.9 Å². The summed E-state index contributed by atoms with van der Waals surface area (Å²) in [4.78, 5) is 0. The second-order valence-corrected chi connectivity index (χ2v) is 3.71. The highest BCUT2D eigenvalue weighted by Crippen LogP contribution is 2.31. The molecule has 70 valence electrons. The number of fused-ring (bicyclic) bond motifs is 1. The first-order valence-electron chi connectivity index (χ1n) is 4.78. The van der Waals surface area contributed by atoms with E-state index in [9.17, 15) is 0 Å². The van der Waals surface area contributed by atoms with Crippen LogP contribution in [0.5, 0.6) is 0 Å². The third-order valence-corrected chi connectivity index (χ3v) is 2.77. The van der Waals surface area contributed by atoms with E-state index in [2.05, 4.69) is 5.32 Å². The molecule has 2 heterocycles. The summed E-state index contributed by atoms with van der Waals surface area (Å²) in [5.41, 5.74) is 0. The molecule has 2 aliphatic heterocycles. The highest BCUT2D eigenvalue weighted by molar-refractivity contribution is 4.85. The molecule has 2 aliphatic rings. The molecule has 0 bridgehead atoms. The number of hydrogen-bond acceptors (Lipinski definition) is 3. The highest BCUT2D eigenvalue weighted by atomic mass is 16.5. The van der Waals surface area contributed by atoms with E-state index in [-0.39, 0.29) is 0 Å². The van der Waals surface area contributed by atoms with Crippen LogP contribution in [0.25, 0.3) is 0 Å². The van der Waals surface area contributed by atoms with Gasteiger partial charge >= 0.3 is 0 Å². The molecule has 0 aromatic heterocycles. The molecule has 0 saturated carbocycles. The van der Waals surface area contributed by atoms with Gasteiger partial charge in [-0.2, -0.15) is 0 Å². The number of nitrogens with one attached hydrogen (secondary N) is 1. The molecule has 2 rings (SSSR count). The molecule has 3 heteroatoms. The van der Waals surface area contributed by atoms with Gasteiger partial charge in [-0.3, -0.25) is 0 Å². The minimum atomic E-state index is 0.423. The van der Waals surface area contributed by atoms with Gasteiger partial charge in [0.25, 0.3) is 0 Å². The van der Waals surface area contributed by atoms with Crippen LogP contribution >= 0.6 is 0 Å².